The topological polar surface area (TPSA) is 62.2 Å². The van der Waals surface area contributed by atoms with Gasteiger partial charge in [-0.15, -0.1) is 0 Å². The van der Waals surface area contributed by atoms with Crippen molar-refractivity contribution in [3.05, 3.63) is 58.3 Å². The highest BCUT2D eigenvalue weighted by atomic mass is 79.9. The number of hydrogen-bond donors (Lipinski definition) is 2. The maximum atomic E-state index is 11.8. The van der Waals surface area contributed by atoms with Crippen LogP contribution in [0.5, 0.6) is 5.75 Å². The molecular weight excluding hydrogens is 296 g/mol. The van der Waals surface area contributed by atoms with Gasteiger partial charge in [-0.3, -0.25) is 9.78 Å². The number of hydrogen-bond acceptors (Lipinski definition) is 3. The van der Waals surface area contributed by atoms with Gasteiger partial charge in [0.1, 0.15) is 5.75 Å². The zero-order valence-electron chi connectivity index (χ0n) is 9.43. The van der Waals surface area contributed by atoms with Gasteiger partial charge in [0.2, 0.25) is 0 Å². The Hall–Kier alpha value is -1.88. The van der Waals surface area contributed by atoms with Crippen LogP contribution in [0.15, 0.2) is 47.2 Å². The largest absolute Gasteiger partial charge is 0.506 e. The molecule has 0 atom stereocenters. The third kappa shape index (κ3) is 3.07. The van der Waals surface area contributed by atoms with E-state index in [1.807, 2.05) is 24.3 Å². The molecular formula is C13H11BrN2O2. The molecule has 1 amide bonds. The summed E-state index contributed by atoms with van der Waals surface area (Å²) in [6.07, 6.45) is 2.69. The first kappa shape index (κ1) is 12.6. The second-order valence-electron chi connectivity index (χ2n) is 3.71. The quantitative estimate of drug-likeness (QED) is 0.916. The van der Waals surface area contributed by atoms with Crippen molar-refractivity contribution in [3.8, 4) is 5.75 Å². The fraction of sp³-hybridized carbons (Fsp3) is 0.0769. The van der Waals surface area contributed by atoms with Crippen molar-refractivity contribution in [1.82, 2.24) is 10.3 Å². The molecule has 0 spiro atoms. The smallest absolute Gasteiger partial charge is 0.253 e. The van der Waals surface area contributed by atoms with Crippen LogP contribution in [0.2, 0.25) is 0 Å². The molecule has 0 aliphatic heterocycles. The highest BCUT2D eigenvalue weighted by molar-refractivity contribution is 9.10. The first-order valence-electron chi connectivity index (χ1n) is 5.32. The van der Waals surface area contributed by atoms with Crippen LogP contribution in [-0.4, -0.2) is 16.0 Å². The minimum Gasteiger partial charge on any atom is -0.506 e. The van der Waals surface area contributed by atoms with E-state index in [4.69, 9.17) is 0 Å². The summed E-state index contributed by atoms with van der Waals surface area (Å²) >= 11 is 3.41. The Morgan fingerprint density at radius 2 is 2.11 bits per heavy atom. The van der Waals surface area contributed by atoms with Crippen LogP contribution < -0.4 is 5.32 Å². The van der Waals surface area contributed by atoms with E-state index in [2.05, 4.69) is 26.2 Å². The summed E-state index contributed by atoms with van der Waals surface area (Å²) in [7, 11) is 0. The summed E-state index contributed by atoms with van der Waals surface area (Å²) in [5.74, 6) is -0.294. The molecule has 18 heavy (non-hydrogen) atoms. The first-order valence-corrected chi connectivity index (χ1v) is 6.12. The Bertz CT molecular complexity index is 572. The lowest BCUT2D eigenvalue weighted by molar-refractivity contribution is 0.0950. The van der Waals surface area contributed by atoms with Crippen molar-refractivity contribution >= 4 is 21.8 Å². The van der Waals surface area contributed by atoms with Gasteiger partial charge in [-0.1, -0.05) is 34.1 Å². The molecule has 0 bridgehead atoms. The van der Waals surface area contributed by atoms with E-state index in [1.165, 1.54) is 18.5 Å². The molecule has 1 aromatic heterocycles. The van der Waals surface area contributed by atoms with Gasteiger partial charge in [-0.25, -0.2) is 0 Å². The standard InChI is InChI=1S/C13H11BrN2O2/c14-12-4-2-1-3-9(12)7-16-13(18)10-5-11(17)8-15-6-10/h1-6,8,17H,7H2,(H,16,18). The molecule has 0 saturated heterocycles. The predicted octanol–water partition coefficient (Wildman–Crippen LogP) is 2.48. The van der Waals surface area contributed by atoms with Crippen molar-refractivity contribution < 1.29 is 9.90 Å². The average Bonchev–Trinajstić information content (AvgIpc) is 2.37. The van der Waals surface area contributed by atoms with Gasteiger partial charge < -0.3 is 10.4 Å². The van der Waals surface area contributed by atoms with E-state index in [0.29, 0.717) is 12.1 Å². The number of carbonyl (C=O) groups excluding carboxylic acids is 1. The fourth-order valence-electron chi connectivity index (χ4n) is 1.47. The lowest BCUT2D eigenvalue weighted by atomic mass is 10.2. The Kier molecular flexibility index (Phi) is 3.94. The van der Waals surface area contributed by atoms with Crippen LogP contribution in [-0.2, 0) is 6.54 Å². The van der Waals surface area contributed by atoms with E-state index in [9.17, 15) is 9.90 Å². The van der Waals surface area contributed by atoms with Crippen LogP contribution in [0.4, 0.5) is 0 Å². The SMILES string of the molecule is O=C(NCc1ccccc1Br)c1cncc(O)c1. The van der Waals surface area contributed by atoms with Crippen LogP contribution in [0.1, 0.15) is 15.9 Å². The number of rotatable bonds is 3. The Morgan fingerprint density at radius 3 is 2.83 bits per heavy atom. The third-order valence-corrected chi connectivity index (χ3v) is 3.16. The molecule has 1 aromatic carbocycles. The lowest BCUT2D eigenvalue weighted by Gasteiger charge is -2.07. The molecule has 0 fully saturated rings. The van der Waals surface area contributed by atoms with Crippen LogP contribution in [0, 0.1) is 0 Å². The highest BCUT2D eigenvalue weighted by Crippen LogP contribution is 2.15. The number of benzene rings is 1. The maximum Gasteiger partial charge on any atom is 0.253 e. The number of nitrogens with one attached hydrogen (secondary N) is 1. The zero-order chi connectivity index (χ0) is 13.0. The minimum absolute atomic E-state index is 0.0245. The van der Waals surface area contributed by atoms with Crippen molar-refractivity contribution in [1.29, 1.82) is 0 Å². The van der Waals surface area contributed by atoms with E-state index in [1.54, 1.807) is 0 Å². The summed E-state index contributed by atoms with van der Waals surface area (Å²) in [4.78, 5) is 15.6. The monoisotopic (exact) mass is 306 g/mol. The third-order valence-electron chi connectivity index (χ3n) is 2.38. The molecule has 0 radical (unpaired) electrons. The van der Waals surface area contributed by atoms with E-state index in [-0.39, 0.29) is 11.7 Å². The Balaban J connectivity index is 2.03. The molecule has 92 valence electrons. The van der Waals surface area contributed by atoms with Crippen LogP contribution >= 0.6 is 15.9 Å². The molecule has 2 aromatic rings. The van der Waals surface area contributed by atoms with E-state index >= 15 is 0 Å². The van der Waals surface area contributed by atoms with Crippen molar-refractivity contribution in [2.24, 2.45) is 0 Å². The average molecular weight is 307 g/mol. The lowest BCUT2D eigenvalue weighted by Crippen LogP contribution is -2.23. The molecule has 0 aliphatic rings. The van der Waals surface area contributed by atoms with Crippen LogP contribution in [0.3, 0.4) is 0 Å². The fourth-order valence-corrected chi connectivity index (χ4v) is 1.90. The summed E-state index contributed by atoms with van der Waals surface area (Å²) < 4.78 is 0.944. The Morgan fingerprint density at radius 1 is 1.33 bits per heavy atom. The van der Waals surface area contributed by atoms with Gasteiger partial charge >= 0.3 is 0 Å². The summed E-state index contributed by atoms with van der Waals surface area (Å²) in [5, 5.41) is 12.0. The molecule has 0 saturated carbocycles. The summed E-state index contributed by atoms with van der Waals surface area (Å²) in [5.41, 5.74) is 1.32. The second kappa shape index (κ2) is 5.64. The predicted molar refractivity (Wildman–Crippen MR) is 71.2 cm³/mol. The molecule has 5 heteroatoms. The normalized spacial score (nSPS) is 10.1. The zero-order valence-corrected chi connectivity index (χ0v) is 11.0. The second-order valence-corrected chi connectivity index (χ2v) is 4.56. The Labute approximate surface area is 113 Å². The van der Waals surface area contributed by atoms with Gasteiger partial charge in [-0.2, -0.15) is 0 Å². The van der Waals surface area contributed by atoms with Gasteiger partial charge in [-0.05, 0) is 17.7 Å². The maximum absolute atomic E-state index is 11.8. The highest BCUT2D eigenvalue weighted by Gasteiger charge is 2.07. The first-order chi connectivity index (χ1) is 8.66. The molecule has 2 N–H and O–H groups in total. The van der Waals surface area contributed by atoms with Crippen molar-refractivity contribution in [2.75, 3.05) is 0 Å². The molecule has 1 heterocycles. The van der Waals surface area contributed by atoms with Gasteiger partial charge in [0, 0.05) is 17.2 Å². The number of carbonyl (C=O) groups is 1. The summed E-state index contributed by atoms with van der Waals surface area (Å²) in [6, 6.07) is 9.03. The number of aromatic nitrogens is 1. The number of halogens is 1. The van der Waals surface area contributed by atoms with Gasteiger partial charge in [0.05, 0.1) is 11.8 Å². The number of nitrogens with zero attached hydrogens (tertiary/aromatic N) is 1. The molecule has 0 unspecified atom stereocenters. The molecule has 4 nitrogen and oxygen atoms in total. The number of amides is 1. The minimum atomic E-state index is -0.269. The van der Waals surface area contributed by atoms with Gasteiger partial charge in [0.25, 0.3) is 5.91 Å². The van der Waals surface area contributed by atoms with Gasteiger partial charge in [0.15, 0.2) is 0 Å². The van der Waals surface area contributed by atoms with Crippen molar-refractivity contribution in [2.45, 2.75) is 6.54 Å². The molecule has 0 aliphatic carbocycles. The number of aromatic hydroxyl groups is 1. The number of pyridine rings is 1. The molecule has 2 rings (SSSR count). The van der Waals surface area contributed by atoms with Crippen LogP contribution in [0.25, 0.3) is 0 Å². The van der Waals surface area contributed by atoms with E-state index in [0.717, 1.165) is 10.0 Å². The van der Waals surface area contributed by atoms with E-state index < -0.39 is 0 Å². The summed E-state index contributed by atoms with van der Waals surface area (Å²) in [6.45, 7) is 0.413. The van der Waals surface area contributed by atoms with Crippen molar-refractivity contribution in [3.63, 3.8) is 0 Å².